The maximum atomic E-state index is 12.5. The summed E-state index contributed by atoms with van der Waals surface area (Å²) in [5.74, 6) is 0. The molecule has 0 heterocycles. The highest BCUT2D eigenvalue weighted by atomic mass is 32.2. The van der Waals surface area contributed by atoms with Crippen molar-refractivity contribution in [1.29, 1.82) is 0 Å². The van der Waals surface area contributed by atoms with Gasteiger partial charge in [0.15, 0.2) is 0 Å². The van der Waals surface area contributed by atoms with Gasteiger partial charge in [-0.25, -0.2) is 13.1 Å². The van der Waals surface area contributed by atoms with Gasteiger partial charge in [-0.1, -0.05) is 49.4 Å². The van der Waals surface area contributed by atoms with E-state index in [0.29, 0.717) is 6.54 Å². The van der Waals surface area contributed by atoms with Crippen LogP contribution < -0.4 is 4.72 Å². The van der Waals surface area contributed by atoms with Crippen LogP contribution in [0.4, 0.5) is 0 Å². The summed E-state index contributed by atoms with van der Waals surface area (Å²) in [5.41, 5.74) is 3.58. The molecule has 0 saturated heterocycles. The lowest BCUT2D eigenvalue weighted by Crippen LogP contribution is -2.39. The van der Waals surface area contributed by atoms with Crippen molar-refractivity contribution in [3.05, 3.63) is 59.7 Å². The summed E-state index contributed by atoms with van der Waals surface area (Å²) < 4.78 is 26.7. The van der Waals surface area contributed by atoms with Crippen LogP contribution in [0.2, 0.25) is 0 Å². The van der Waals surface area contributed by atoms with Gasteiger partial charge in [0, 0.05) is 6.54 Å². The molecule has 136 valence electrons. The van der Waals surface area contributed by atoms with E-state index in [9.17, 15) is 13.5 Å². The summed E-state index contributed by atoms with van der Waals surface area (Å²) in [4.78, 5) is 0. The van der Waals surface area contributed by atoms with Crippen LogP contribution in [-0.4, -0.2) is 20.1 Å². The van der Waals surface area contributed by atoms with Gasteiger partial charge in [-0.3, -0.25) is 0 Å². The predicted molar refractivity (Wildman–Crippen MR) is 103 cm³/mol. The summed E-state index contributed by atoms with van der Waals surface area (Å²) in [5, 5.41) is 9.73. The fourth-order valence-corrected chi connectivity index (χ4v) is 3.89. The van der Waals surface area contributed by atoms with Crippen molar-refractivity contribution < 1.29 is 13.5 Å². The van der Waals surface area contributed by atoms with E-state index in [1.165, 1.54) is 0 Å². The minimum absolute atomic E-state index is 0.440. The third-order valence-corrected chi connectivity index (χ3v) is 6.66. The van der Waals surface area contributed by atoms with Crippen molar-refractivity contribution in [2.24, 2.45) is 0 Å². The van der Waals surface area contributed by atoms with E-state index in [4.69, 9.17) is 0 Å². The second-order valence-corrected chi connectivity index (χ2v) is 9.10. The molecule has 1 unspecified atom stereocenters. The van der Waals surface area contributed by atoms with Gasteiger partial charge in [0.1, 0.15) is 4.75 Å². The molecule has 0 aromatic heterocycles. The molecule has 0 spiro atoms. The molecule has 0 fully saturated rings. The SMILES string of the molecule is CCCNS(=O)(=O)C(C)(C)c1ccc(-c2cccc(C(C)O)c2)cc1. The molecule has 1 atom stereocenters. The number of benzene rings is 2. The Morgan fingerprint density at radius 2 is 1.72 bits per heavy atom. The molecule has 0 bridgehead atoms. The highest BCUT2D eigenvalue weighted by Crippen LogP contribution is 2.31. The molecule has 0 amide bonds. The lowest BCUT2D eigenvalue weighted by Gasteiger charge is -2.26. The summed E-state index contributed by atoms with van der Waals surface area (Å²) in [7, 11) is -3.45. The van der Waals surface area contributed by atoms with E-state index >= 15 is 0 Å². The molecule has 2 aromatic rings. The molecule has 2 N–H and O–H groups in total. The lowest BCUT2D eigenvalue weighted by atomic mass is 9.97. The number of hydrogen-bond acceptors (Lipinski definition) is 3. The fraction of sp³-hybridized carbons (Fsp3) is 0.400. The van der Waals surface area contributed by atoms with Gasteiger partial charge in [0.2, 0.25) is 10.0 Å². The van der Waals surface area contributed by atoms with Crippen molar-refractivity contribution in [1.82, 2.24) is 4.72 Å². The maximum Gasteiger partial charge on any atom is 0.221 e. The van der Waals surface area contributed by atoms with Gasteiger partial charge in [0.05, 0.1) is 6.10 Å². The highest BCUT2D eigenvalue weighted by Gasteiger charge is 2.35. The van der Waals surface area contributed by atoms with Gasteiger partial charge in [0.25, 0.3) is 0 Å². The highest BCUT2D eigenvalue weighted by molar-refractivity contribution is 7.90. The molecule has 2 rings (SSSR count). The first-order valence-corrected chi connectivity index (χ1v) is 10.1. The molecule has 4 nitrogen and oxygen atoms in total. The van der Waals surface area contributed by atoms with E-state index in [1.807, 2.05) is 55.5 Å². The standard InChI is InChI=1S/C20H27NO3S/c1-5-13-21-25(23,24)20(3,4)19-11-9-16(10-12-19)18-8-6-7-17(14-18)15(2)22/h6-12,14-15,21-22H,5,13H2,1-4H3. The minimum atomic E-state index is -3.45. The molecule has 0 aliphatic carbocycles. The number of aliphatic hydroxyl groups is 1. The normalized spacial score (nSPS) is 13.6. The lowest BCUT2D eigenvalue weighted by molar-refractivity contribution is 0.199. The molecule has 25 heavy (non-hydrogen) atoms. The Morgan fingerprint density at radius 3 is 2.28 bits per heavy atom. The largest absolute Gasteiger partial charge is 0.389 e. The zero-order chi connectivity index (χ0) is 18.7. The van der Waals surface area contributed by atoms with Crippen LogP contribution in [0.15, 0.2) is 48.5 Å². The Morgan fingerprint density at radius 1 is 1.08 bits per heavy atom. The zero-order valence-electron chi connectivity index (χ0n) is 15.3. The summed E-state index contributed by atoms with van der Waals surface area (Å²) >= 11 is 0. The van der Waals surface area contributed by atoms with Crippen LogP contribution in [0.3, 0.4) is 0 Å². The predicted octanol–water partition coefficient (Wildman–Crippen LogP) is 3.97. The topological polar surface area (TPSA) is 66.4 Å². The second kappa shape index (κ2) is 7.68. The van der Waals surface area contributed by atoms with Crippen LogP contribution >= 0.6 is 0 Å². The van der Waals surface area contributed by atoms with Gasteiger partial charge in [-0.05, 0) is 55.5 Å². The summed E-state index contributed by atoms with van der Waals surface area (Å²) in [6.45, 7) is 7.54. The number of aliphatic hydroxyl groups excluding tert-OH is 1. The quantitative estimate of drug-likeness (QED) is 0.784. The van der Waals surface area contributed by atoms with Crippen LogP contribution in [-0.2, 0) is 14.8 Å². The average Bonchev–Trinajstić information content (AvgIpc) is 2.60. The molecule has 0 aliphatic rings. The van der Waals surface area contributed by atoms with E-state index in [2.05, 4.69) is 4.72 Å². The first kappa shape index (κ1) is 19.6. The number of hydrogen-bond donors (Lipinski definition) is 2. The van der Waals surface area contributed by atoms with Crippen molar-refractivity contribution in [3.63, 3.8) is 0 Å². The van der Waals surface area contributed by atoms with Crippen LogP contribution in [0.1, 0.15) is 51.3 Å². The fourth-order valence-electron chi connectivity index (χ4n) is 2.61. The Hall–Kier alpha value is -1.69. The van der Waals surface area contributed by atoms with Gasteiger partial charge in [-0.15, -0.1) is 0 Å². The van der Waals surface area contributed by atoms with Gasteiger partial charge in [-0.2, -0.15) is 0 Å². The van der Waals surface area contributed by atoms with E-state index in [0.717, 1.165) is 28.7 Å². The second-order valence-electron chi connectivity index (χ2n) is 6.79. The van der Waals surface area contributed by atoms with Crippen molar-refractivity contribution in [2.45, 2.75) is 45.0 Å². The number of sulfonamides is 1. The summed E-state index contributed by atoms with van der Waals surface area (Å²) in [6.07, 6.45) is 0.237. The minimum Gasteiger partial charge on any atom is -0.389 e. The van der Waals surface area contributed by atoms with E-state index in [-0.39, 0.29) is 0 Å². The molecule has 0 radical (unpaired) electrons. The van der Waals surface area contributed by atoms with Gasteiger partial charge >= 0.3 is 0 Å². The molecular formula is C20H27NO3S. The maximum absolute atomic E-state index is 12.5. The third kappa shape index (κ3) is 4.29. The number of nitrogens with one attached hydrogen (secondary N) is 1. The number of rotatable bonds is 7. The van der Waals surface area contributed by atoms with Crippen molar-refractivity contribution >= 4 is 10.0 Å². The van der Waals surface area contributed by atoms with Gasteiger partial charge < -0.3 is 5.11 Å². The molecular weight excluding hydrogens is 334 g/mol. The molecule has 2 aromatic carbocycles. The Labute approximate surface area is 151 Å². The van der Waals surface area contributed by atoms with Crippen LogP contribution in [0, 0.1) is 0 Å². The van der Waals surface area contributed by atoms with Crippen LogP contribution in [0.5, 0.6) is 0 Å². The van der Waals surface area contributed by atoms with Crippen molar-refractivity contribution in [3.8, 4) is 11.1 Å². The van der Waals surface area contributed by atoms with Crippen LogP contribution in [0.25, 0.3) is 11.1 Å². The first-order chi connectivity index (χ1) is 11.7. The monoisotopic (exact) mass is 361 g/mol. The average molecular weight is 362 g/mol. The smallest absolute Gasteiger partial charge is 0.221 e. The molecule has 5 heteroatoms. The Bertz CT molecular complexity index is 809. The summed E-state index contributed by atoms with van der Waals surface area (Å²) in [6, 6.07) is 15.3. The first-order valence-electron chi connectivity index (χ1n) is 8.57. The molecule has 0 saturated carbocycles. The zero-order valence-corrected chi connectivity index (χ0v) is 16.1. The van der Waals surface area contributed by atoms with E-state index < -0.39 is 20.9 Å². The Balaban J connectivity index is 2.32. The third-order valence-electron chi connectivity index (χ3n) is 4.50. The van der Waals surface area contributed by atoms with E-state index in [1.54, 1.807) is 20.8 Å². The Kier molecular flexibility index (Phi) is 6.03. The van der Waals surface area contributed by atoms with Crippen molar-refractivity contribution in [2.75, 3.05) is 6.54 Å². The molecule has 0 aliphatic heterocycles.